The maximum absolute atomic E-state index is 12.0. The van der Waals surface area contributed by atoms with Crippen molar-refractivity contribution in [2.75, 3.05) is 6.54 Å². The minimum Gasteiger partial charge on any atom is -0.467 e. The summed E-state index contributed by atoms with van der Waals surface area (Å²) in [7, 11) is 0. The number of furan rings is 1. The summed E-state index contributed by atoms with van der Waals surface area (Å²) in [5, 5.41) is 2.81. The molecule has 0 fully saturated rings. The highest BCUT2D eigenvalue weighted by molar-refractivity contribution is 5.78. The van der Waals surface area contributed by atoms with Gasteiger partial charge in [-0.05, 0) is 19.1 Å². The summed E-state index contributed by atoms with van der Waals surface area (Å²) in [5.41, 5.74) is 0.717. The summed E-state index contributed by atoms with van der Waals surface area (Å²) in [5.74, 6) is 1.49. The van der Waals surface area contributed by atoms with Gasteiger partial charge in [0.15, 0.2) is 0 Å². The Hall–Kier alpha value is -2.57. The molecule has 2 aromatic heterocycles. The third-order valence-corrected chi connectivity index (χ3v) is 4.07. The summed E-state index contributed by atoms with van der Waals surface area (Å²) in [4.78, 5) is 30.0. The van der Waals surface area contributed by atoms with Gasteiger partial charge in [-0.25, -0.2) is 4.98 Å². The number of imidazole rings is 1. The summed E-state index contributed by atoms with van der Waals surface area (Å²) in [6.07, 6.45) is 3.69. The van der Waals surface area contributed by atoms with Crippen molar-refractivity contribution in [1.82, 2.24) is 19.8 Å². The van der Waals surface area contributed by atoms with E-state index in [1.807, 2.05) is 23.8 Å². The highest BCUT2D eigenvalue weighted by Gasteiger charge is 2.27. The van der Waals surface area contributed by atoms with E-state index >= 15 is 0 Å². The molecule has 1 aliphatic rings. The fourth-order valence-electron chi connectivity index (χ4n) is 2.89. The van der Waals surface area contributed by atoms with Crippen molar-refractivity contribution in [2.24, 2.45) is 0 Å². The van der Waals surface area contributed by atoms with Crippen LogP contribution in [0.4, 0.5) is 0 Å². The second-order valence-electron chi connectivity index (χ2n) is 5.71. The van der Waals surface area contributed by atoms with Crippen LogP contribution in [0.3, 0.4) is 0 Å². The number of fused-ring (bicyclic) bond motifs is 1. The van der Waals surface area contributed by atoms with Crippen LogP contribution in [0.25, 0.3) is 0 Å². The molecule has 0 saturated carbocycles. The van der Waals surface area contributed by atoms with Crippen molar-refractivity contribution in [3.05, 3.63) is 41.9 Å². The minimum atomic E-state index is -0.104. The summed E-state index contributed by atoms with van der Waals surface area (Å²) >= 11 is 0. The smallest absolute Gasteiger partial charge is 0.226 e. The molecule has 1 aliphatic heterocycles. The molecule has 2 amide bonds. The Morgan fingerprint density at radius 3 is 2.96 bits per heavy atom. The van der Waals surface area contributed by atoms with Crippen LogP contribution in [0.2, 0.25) is 0 Å². The maximum atomic E-state index is 12.0. The van der Waals surface area contributed by atoms with Crippen molar-refractivity contribution in [3.8, 4) is 0 Å². The predicted molar refractivity (Wildman–Crippen MR) is 82.3 cm³/mol. The predicted octanol–water partition coefficient (Wildman–Crippen LogP) is 1.26. The first-order valence-electron chi connectivity index (χ1n) is 7.67. The molecule has 0 spiro atoms. The van der Waals surface area contributed by atoms with Crippen molar-refractivity contribution >= 4 is 11.8 Å². The molecular formula is C16H20N4O3. The molecule has 1 atom stereocenters. The van der Waals surface area contributed by atoms with Crippen LogP contribution < -0.4 is 5.32 Å². The van der Waals surface area contributed by atoms with Crippen molar-refractivity contribution < 1.29 is 14.0 Å². The van der Waals surface area contributed by atoms with Crippen LogP contribution in [0.15, 0.2) is 29.0 Å². The van der Waals surface area contributed by atoms with E-state index in [1.54, 1.807) is 24.2 Å². The van der Waals surface area contributed by atoms with E-state index in [4.69, 9.17) is 4.42 Å². The standard InChI is InChI=1S/C16H20N4O3/c1-11-16-18-13(10-19(16)5-6-20(11)12(2)21)8-15(22)17-9-14-4-3-7-23-14/h3-4,7,10-11H,5-6,8-9H2,1-2H3,(H,17,22)/t11-/m1/s1. The lowest BCUT2D eigenvalue weighted by molar-refractivity contribution is -0.132. The Balaban J connectivity index is 1.63. The van der Waals surface area contributed by atoms with E-state index in [2.05, 4.69) is 10.3 Å². The lowest BCUT2D eigenvalue weighted by Gasteiger charge is -2.32. The van der Waals surface area contributed by atoms with Crippen LogP contribution >= 0.6 is 0 Å². The van der Waals surface area contributed by atoms with Gasteiger partial charge in [-0.1, -0.05) is 0 Å². The number of carbonyl (C=O) groups is 2. The van der Waals surface area contributed by atoms with Gasteiger partial charge in [0.2, 0.25) is 11.8 Å². The number of hydrogen-bond acceptors (Lipinski definition) is 4. The molecule has 7 nitrogen and oxygen atoms in total. The maximum Gasteiger partial charge on any atom is 0.226 e. The second kappa shape index (κ2) is 6.28. The lowest BCUT2D eigenvalue weighted by Crippen LogP contribution is -2.39. The van der Waals surface area contributed by atoms with Gasteiger partial charge < -0.3 is 19.2 Å². The number of aromatic nitrogens is 2. The number of rotatable bonds is 4. The van der Waals surface area contributed by atoms with Gasteiger partial charge in [-0.3, -0.25) is 9.59 Å². The van der Waals surface area contributed by atoms with Gasteiger partial charge in [0, 0.05) is 26.2 Å². The first-order valence-corrected chi connectivity index (χ1v) is 7.67. The minimum absolute atomic E-state index is 0.0458. The summed E-state index contributed by atoms with van der Waals surface area (Å²) in [6.45, 7) is 5.27. The van der Waals surface area contributed by atoms with Crippen LogP contribution in [-0.4, -0.2) is 32.8 Å². The SMILES string of the molecule is CC(=O)N1CCn2cc(CC(=O)NCc3ccco3)nc2[C@H]1C. The molecule has 0 bridgehead atoms. The zero-order chi connectivity index (χ0) is 16.4. The first kappa shape index (κ1) is 15.3. The van der Waals surface area contributed by atoms with E-state index in [-0.39, 0.29) is 24.3 Å². The third kappa shape index (κ3) is 3.28. The van der Waals surface area contributed by atoms with E-state index in [0.717, 1.165) is 5.82 Å². The number of hydrogen-bond donors (Lipinski definition) is 1. The quantitative estimate of drug-likeness (QED) is 0.921. The first-order chi connectivity index (χ1) is 11.0. The lowest BCUT2D eigenvalue weighted by atomic mass is 10.2. The van der Waals surface area contributed by atoms with Gasteiger partial charge in [0.1, 0.15) is 11.6 Å². The molecule has 0 aromatic carbocycles. The molecule has 1 N–H and O–H groups in total. The Bertz CT molecular complexity index is 705. The van der Waals surface area contributed by atoms with Crippen molar-refractivity contribution in [3.63, 3.8) is 0 Å². The van der Waals surface area contributed by atoms with Gasteiger partial charge in [-0.15, -0.1) is 0 Å². The number of nitrogens with zero attached hydrogens (tertiary/aromatic N) is 3. The van der Waals surface area contributed by atoms with Crippen LogP contribution in [0, 0.1) is 0 Å². The molecule has 7 heteroatoms. The number of carbonyl (C=O) groups excluding carboxylic acids is 2. The van der Waals surface area contributed by atoms with Gasteiger partial charge in [-0.2, -0.15) is 0 Å². The fraction of sp³-hybridized carbons (Fsp3) is 0.438. The highest BCUT2D eigenvalue weighted by atomic mass is 16.3. The zero-order valence-corrected chi connectivity index (χ0v) is 13.3. The van der Waals surface area contributed by atoms with E-state index in [1.165, 1.54) is 0 Å². The van der Waals surface area contributed by atoms with Gasteiger partial charge in [0.25, 0.3) is 0 Å². The molecule has 3 heterocycles. The van der Waals surface area contributed by atoms with Crippen LogP contribution in [0.5, 0.6) is 0 Å². The average Bonchev–Trinajstić information content (AvgIpc) is 3.14. The largest absolute Gasteiger partial charge is 0.467 e. The van der Waals surface area contributed by atoms with Gasteiger partial charge >= 0.3 is 0 Å². The molecule has 0 saturated heterocycles. The summed E-state index contributed by atoms with van der Waals surface area (Å²) in [6, 6.07) is 3.53. The topological polar surface area (TPSA) is 80.4 Å². The number of nitrogens with one attached hydrogen (secondary N) is 1. The third-order valence-electron chi connectivity index (χ3n) is 4.07. The molecular weight excluding hydrogens is 296 g/mol. The fourth-order valence-corrected chi connectivity index (χ4v) is 2.89. The Labute approximate surface area is 134 Å². The van der Waals surface area contributed by atoms with E-state index in [9.17, 15) is 9.59 Å². The van der Waals surface area contributed by atoms with Crippen molar-refractivity contribution in [1.29, 1.82) is 0 Å². The van der Waals surface area contributed by atoms with Crippen molar-refractivity contribution in [2.45, 2.75) is 39.4 Å². The van der Waals surface area contributed by atoms with Gasteiger partial charge in [0.05, 0.1) is 31.0 Å². The molecule has 0 unspecified atom stereocenters. The molecule has 23 heavy (non-hydrogen) atoms. The van der Waals surface area contributed by atoms with Crippen LogP contribution in [0.1, 0.15) is 37.2 Å². The Morgan fingerprint density at radius 1 is 1.43 bits per heavy atom. The zero-order valence-electron chi connectivity index (χ0n) is 13.3. The molecule has 0 radical (unpaired) electrons. The number of amides is 2. The Morgan fingerprint density at radius 2 is 2.26 bits per heavy atom. The average molecular weight is 316 g/mol. The monoisotopic (exact) mass is 316 g/mol. The Kier molecular flexibility index (Phi) is 4.18. The second-order valence-corrected chi connectivity index (χ2v) is 5.71. The molecule has 122 valence electrons. The normalized spacial score (nSPS) is 17.0. The molecule has 2 aromatic rings. The highest BCUT2D eigenvalue weighted by Crippen LogP contribution is 2.24. The molecule has 0 aliphatic carbocycles. The van der Waals surface area contributed by atoms with E-state index < -0.39 is 0 Å². The molecule has 3 rings (SSSR count). The summed E-state index contributed by atoms with van der Waals surface area (Å²) < 4.78 is 7.20. The van der Waals surface area contributed by atoms with Crippen LogP contribution in [-0.2, 0) is 29.1 Å². The van der Waals surface area contributed by atoms with E-state index in [0.29, 0.717) is 31.1 Å².